The zero-order valence-corrected chi connectivity index (χ0v) is 13.8. The first-order valence-electron chi connectivity index (χ1n) is 8.55. The van der Waals surface area contributed by atoms with Crippen LogP contribution in [-0.4, -0.2) is 49.2 Å². The molecule has 1 heterocycles. The van der Waals surface area contributed by atoms with Gasteiger partial charge in [-0.3, -0.25) is 4.79 Å². The van der Waals surface area contributed by atoms with Crippen LogP contribution in [0.15, 0.2) is 35.9 Å². The molecule has 2 atom stereocenters. The second kappa shape index (κ2) is 7.28. The molecule has 1 saturated heterocycles. The fourth-order valence-electron chi connectivity index (χ4n) is 4.03. The minimum Gasteiger partial charge on any atom is -0.395 e. The summed E-state index contributed by atoms with van der Waals surface area (Å²) in [5, 5.41) is 11.8. The highest BCUT2D eigenvalue weighted by Crippen LogP contribution is 2.43. The van der Waals surface area contributed by atoms with Crippen LogP contribution < -0.4 is 5.32 Å². The lowest BCUT2D eigenvalue weighted by atomic mass is 9.70. The van der Waals surface area contributed by atoms with Crippen molar-refractivity contribution in [3.8, 4) is 0 Å². The highest BCUT2D eigenvalue weighted by atomic mass is 16.3. The number of hydrogen-bond donors (Lipinski definition) is 2. The van der Waals surface area contributed by atoms with E-state index in [9.17, 15) is 4.79 Å². The Balaban J connectivity index is 1.89. The molecule has 1 aliphatic heterocycles. The summed E-state index contributed by atoms with van der Waals surface area (Å²) in [5.41, 5.74) is 4.24. The first kappa shape index (κ1) is 16.2. The smallest absolute Gasteiger partial charge is 0.223 e. The molecule has 23 heavy (non-hydrogen) atoms. The number of fused-ring (bicyclic) bond motifs is 1. The molecule has 0 bridgehead atoms. The van der Waals surface area contributed by atoms with Gasteiger partial charge in [0.25, 0.3) is 0 Å². The third kappa shape index (κ3) is 3.48. The van der Waals surface area contributed by atoms with Gasteiger partial charge >= 0.3 is 0 Å². The number of rotatable bonds is 4. The zero-order valence-electron chi connectivity index (χ0n) is 13.8. The molecule has 1 unspecified atom stereocenters. The Hall–Kier alpha value is -1.65. The minimum atomic E-state index is 0.000983. The number of carbonyl (C=O) groups excluding carboxylic acids is 1. The fourth-order valence-corrected chi connectivity index (χ4v) is 4.03. The summed E-state index contributed by atoms with van der Waals surface area (Å²) in [4.78, 5) is 14.8. The average Bonchev–Trinajstić information content (AvgIpc) is 2.59. The van der Waals surface area contributed by atoms with Crippen LogP contribution in [-0.2, 0) is 4.79 Å². The second-order valence-electron chi connectivity index (χ2n) is 6.65. The van der Waals surface area contributed by atoms with E-state index in [-0.39, 0.29) is 18.4 Å². The van der Waals surface area contributed by atoms with Gasteiger partial charge in [-0.1, -0.05) is 35.9 Å². The summed E-state index contributed by atoms with van der Waals surface area (Å²) in [5.74, 6) is 0.437. The molecule has 0 saturated carbocycles. The lowest BCUT2D eigenvalue weighted by molar-refractivity contribution is -0.127. The Labute approximate surface area is 138 Å². The van der Waals surface area contributed by atoms with Crippen LogP contribution in [0.1, 0.15) is 24.8 Å². The molecule has 4 nitrogen and oxygen atoms in total. The number of aliphatic hydroxyl groups is 1. The predicted molar refractivity (Wildman–Crippen MR) is 91.8 cm³/mol. The Bertz CT molecular complexity index is 582. The fraction of sp³-hybridized carbons (Fsp3) is 0.526. The van der Waals surface area contributed by atoms with E-state index in [2.05, 4.69) is 47.6 Å². The van der Waals surface area contributed by atoms with Gasteiger partial charge in [-0.15, -0.1) is 0 Å². The van der Waals surface area contributed by atoms with Crippen LogP contribution in [0.25, 0.3) is 5.57 Å². The summed E-state index contributed by atoms with van der Waals surface area (Å²) >= 11 is 0. The van der Waals surface area contributed by atoms with Gasteiger partial charge in [0.05, 0.1) is 6.61 Å². The maximum absolute atomic E-state index is 12.5. The van der Waals surface area contributed by atoms with E-state index in [1.54, 1.807) is 0 Å². The Morgan fingerprint density at radius 1 is 1.30 bits per heavy atom. The van der Waals surface area contributed by atoms with Gasteiger partial charge < -0.3 is 15.3 Å². The van der Waals surface area contributed by atoms with Crippen LogP contribution in [0.5, 0.6) is 0 Å². The summed E-state index contributed by atoms with van der Waals surface area (Å²) < 4.78 is 0. The molecule has 124 valence electrons. The number of allylic oxidation sites excluding steroid dienone is 1. The zero-order chi connectivity index (χ0) is 16.2. The molecule has 1 fully saturated rings. The third-order valence-electron chi connectivity index (χ3n) is 5.17. The number of hydrogen-bond acceptors (Lipinski definition) is 3. The van der Waals surface area contributed by atoms with Crippen molar-refractivity contribution < 1.29 is 9.90 Å². The molecule has 3 rings (SSSR count). The van der Waals surface area contributed by atoms with Gasteiger partial charge in [-0.2, -0.15) is 0 Å². The van der Waals surface area contributed by atoms with Crippen LogP contribution in [0.3, 0.4) is 0 Å². The first-order valence-corrected chi connectivity index (χ1v) is 8.55. The molecular weight excluding hydrogens is 288 g/mol. The van der Waals surface area contributed by atoms with Crippen molar-refractivity contribution in [1.82, 2.24) is 10.2 Å². The third-order valence-corrected chi connectivity index (χ3v) is 5.17. The van der Waals surface area contributed by atoms with Crippen molar-refractivity contribution in [2.45, 2.75) is 19.3 Å². The normalized spacial score (nSPS) is 25.1. The van der Waals surface area contributed by atoms with Crippen molar-refractivity contribution in [3.63, 3.8) is 0 Å². The van der Waals surface area contributed by atoms with Crippen molar-refractivity contribution in [2.24, 2.45) is 11.8 Å². The Morgan fingerprint density at radius 2 is 2.09 bits per heavy atom. The van der Waals surface area contributed by atoms with Crippen molar-refractivity contribution in [1.29, 1.82) is 0 Å². The molecule has 1 aromatic rings. The maximum atomic E-state index is 12.5. The number of piperidine rings is 1. The first-order chi connectivity index (χ1) is 11.2. The van der Waals surface area contributed by atoms with E-state index in [4.69, 9.17) is 5.11 Å². The Kier molecular flexibility index (Phi) is 5.13. The molecule has 1 aliphatic carbocycles. The topological polar surface area (TPSA) is 52.6 Å². The van der Waals surface area contributed by atoms with E-state index in [0.717, 1.165) is 32.4 Å². The molecule has 0 aromatic heterocycles. The number of benzene rings is 1. The van der Waals surface area contributed by atoms with E-state index >= 15 is 0 Å². The molecule has 0 radical (unpaired) electrons. The van der Waals surface area contributed by atoms with Gasteiger partial charge in [-0.25, -0.2) is 0 Å². The maximum Gasteiger partial charge on any atom is 0.223 e. The molecule has 0 spiro atoms. The van der Waals surface area contributed by atoms with Gasteiger partial charge in [0, 0.05) is 31.5 Å². The molecule has 2 aliphatic rings. The van der Waals surface area contributed by atoms with E-state index in [1.807, 2.05) is 0 Å². The summed E-state index contributed by atoms with van der Waals surface area (Å²) in [6, 6.07) is 10.6. The molecule has 1 amide bonds. The van der Waals surface area contributed by atoms with E-state index in [0.29, 0.717) is 12.5 Å². The monoisotopic (exact) mass is 314 g/mol. The van der Waals surface area contributed by atoms with E-state index in [1.165, 1.54) is 16.7 Å². The number of aliphatic hydroxyl groups excluding tert-OH is 1. The summed E-state index contributed by atoms with van der Waals surface area (Å²) in [7, 11) is 2.14. The largest absolute Gasteiger partial charge is 0.395 e. The summed E-state index contributed by atoms with van der Waals surface area (Å²) in [6.45, 7) is 2.36. The predicted octanol–water partition coefficient (Wildman–Crippen LogP) is 1.91. The van der Waals surface area contributed by atoms with E-state index < -0.39 is 0 Å². The number of nitrogens with one attached hydrogen (secondary N) is 1. The molecule has 1 aromatic carbocycles. The highest BCUT2D eigenvalue weighted by molar-refractivity contribution is 5.82. The summed E-state index contributed by atoms with van der Waals surface area (Å²) in [6.07, 6.45) is 2.91. The number of carbonyl (C=O) groups is 1. The SMILES string of the molecule is CN1CCC2=C(c3ccccc3)CC[C@@H](C(=O)NCCO)C2C1. The lowest BCUT2D eigenvalue weighted by Gasteiger charge is -2.41. The number of nitrogens with zero attached hydrogens (tertiary/aromatic N) is 1. The second-order valence-corrected chi connectivity index (χ2v) is 6.65. The van der Waals surface area contributed by atoms with Crippen LogP contribution in [0.2, 0.25) is 0 Å². The van der Waals surface area contributed by atoms with Crippen molar-refractivity contribution >= 4 is 11.5 Å². The van der Waals surface area contributed by atoms with Gasteiger partial charge in [-0.05, 0) is 37.4 Å². The van der Waals surface area contributed by atoms with Crippen molar-refractivity contribution in [2.75, 3.05) is 33.3 Å². The number of likely N-dealkylation sites (tertiary alicyclic amines) is 1. The minimum absolute atomic E-state index is 0.000983. The average molecular weight is 314 g/mol. The van der Waals surface area contributed by atoms with Crippen LogP contribution in [0, 0.1) is 11.8 Å². The number of amides is 1. The van der Waals surface area contributed by atoms with Crippen molar-refractivity contribution in [3.05, 3.63) is 41.5 Å². The van der Waals surface area contributed by atoms with Gasteiger partial charge in [0.15, 0.2) is 0 Å². The molecular formula is C19H26N2O2. The quantitative estimate of drug-likeness (QED) is 0.892. The molecule has 4 heteroatoms. The molecule has 2 N–H and O–H groups in total. The van der Waals surface area contributed by atoms with Gasteiger partial charge in [0.2, 0.25) is 5.91 Å². The van der Waals surface area contributed by atoms with Crippen LogP contribution in [0.4, 0.5) is 0 Å². The van der Waals surface area contributed by atoms with Gasteiger partial charge in [0.1, 0.15) is 0 Å². The highest BCUT2D eigenvalue weighted by Gasteiger charge is 2.38. The lowest BCUT2D eigenvalue weighted by Crippen LogP contribution is -2.45. The Morgan fingerprint density at radius 3 is 2.83 bits per heavy atom. The van der Waals surface area contributed by atoms with Crippen LogP contribution >= 0.6 is 0 Å². The standard InChI is InChI=1S/C19H26N2O2/c1-21-11-9-16-15(14-5-3-2-4-6-14)7-8-17(18(16)13-21)19(23)20-10-12-22/h2-6,17-18,22H,7-13H2,1H3,(H,20,23)/t17-,18?/m1/s1.